The first-order chi connectivity index (χ1) is 18.9. The Balaban J connectivity index is 1.62. The molecule has 0 fully saturated rings. The van der Waals surface area contributed by atoms with E-state index in [9.17, 15) is 9.65 Å². The Hall–Kier alpha value is -5.19. The van der Waals surface area contributed by atoms with Crippen LogP contribution in [-0.2, 0) is 5.41 Å². The van der Waals surface area contributed by atoms with Crippen LogP contribution in [0, 0.1) is 23.7 Å². The van der Waals surface area contributed by atoms with Gasteiger partial charge in [-0.25, -0.2) is 9.24 Å². The Morgan fingerprint density at radius 3 is 2.15 bits per heavy atom. The fourth-order valence-electron chi connectivity index (χ4n) is 5.67. The second kappa shape index (κ2) is 9.28. The molecule has 4 heteroatoms. The molecule has 0 unspecified atom stereocenters. The van der Waals surface area contributed by atoms with E-state index in [1.54, 1.807) is 0 Å². The molecule has 0 bridgehead atoms. The molecular weight excluding hydrogens is 481 g/mol. The molecule has 0 spiro atoms. The van der Waals surface area contributed by atoms with Gasteiger partial charge < -0.3 is 4.90 Å². The molecular formula is C35H24FN3. The smallest absolute Gasteiger partial charge is 0.225 e. The third-order valence-corrected chi connectivity index (χ3v) is 7.60. The third kappa shape index (κ3) is 3.86. The van der Waals surface area contributed by atoms with Crippen LogP contribution in [0.1, 0.15) is 30.5 Å². The maximum atomic E-state index is 14.8. The van der Waals surface area contributed by atoms with E-state index in [1.165, 1.54) is 23.3 Å². The number of halogens is 1. The summed E-state index contributed by atoms with van der Waals surface area (Å²) in [6.45, 7) is 12.0. The Bertz CT molecular complexity index is 1770. The Labute approximate surface area is 227 Å². The number of nitriles is 1. The Kier molecular flexibility index (Phi) is 5.75. The minimum atomic E-state index is -0.791. The van der Waals surface area contributed by atoms with Crippen molar-refractivity contribution < 1.29 is 4.39 Å². The molecule has 186 valence electrons. The number of nitrogens with zero attached hydrogens (tertiary/aromatic N) is 3. The molecule has 0 amide bonds. The standard InChI is InChI=1S/C35H24FN3/c1-35(2)29-13-8-7-12-28(29)33-30(35)14-9-15-32(33)39(27-20-25(22-37)34(36)31(21-27)38-3)26-18-16-24(17-19-26)23-10-5-4-6-11-23/h4-21H,1-2H3. The highest BCUT2D eigenvalue weighted by molar-refractivity contribution is 5.95. The minimum absolute atomic E-state index is 0.155. The van der Waals surface area contributed by atoms with E-state index < -0.39 is 5.82 Å². The van der Waals surface area contributed by atoms with Crippen LogP contribution in [0.2, 0.25) is 0 Å². The van der Waals surface area contributed by atoms with Crippen molar-refractivity contribution in [2.45, 2.75) is 19.3 Å². The summed E-state index contributed by atoms with van der Waals surface area (Å²) in [6, 6.07) is 38.0. The van der Waals surface area contributed by atoms with Gasteiger partial charge in [-0.1, -0.05) is 92.7 Å². The van der Waals surface area contributed by atoms with Gasteiger partial charge in [-0.15, -0.1) is 0 Å². The van der Waals surface area contributed by atoms with Crippen molar-refractivity contribution >= 4 is 22.7 Å². The van der Waals surface area contributed by atoms with Gasteiger partial charge in [-0.2, -0.15) is 5.26 Å². The lowest BCUT2D eigenvalue weighted by atomic mass is 9.82. The monoisotopic (exact) mass is 505 g/mol. The molecule has 0 heterocycles. The van der Waals surface area contributed by atoms with Gasteiger partial charge in [-0.05, 0) is 58.1 Å². The number of rotatable bonds is 4. The van der Waals surface area contributed by atoms with Crippen molar-refractivity contribution in [3.63, 3.8) is 0 Å². The molecule has 0 atom stereocenters. The van der Waals surface area contributed by atoms with Crippen molar-refractivity contribution in [1.82, 2.24) is 0 Å². The first-order valence-corrected chi connectivity index (χ1v) is 12.7. The summed E-state index contributed by atoms with van der Waals surface area (Å²) in [6.07, 6.45) is 0. The van der Waals surface area contributed by atoms with E-state index in [-0.39, 0.29) is 16.7 Å². The molecule has 5 aromatic rings. The molecule has 0 saturated heterocycles. The lowest BCUT2D eigenvalue weighted by Gasteiger charge is -2.29. The quantitative estimate of drug-likeness (QED) is 0.228. The molecule has 0 radical (unpaired) electrons. The van der Waals surface area contributed by atoms with Crippen LogP contribution in [0.25, 0.3) is 27.1 Å². The molecule has 39 heavy (non-hydrogen) atoms. The van der Waals surface area contributed by atoms with Crippen LogP contribution in [0.15, 0.2) is 109 Å². The summed E-state index contributed by atoms with van der Waals surface area (Å²) < 4.78 is 14.8. The van der Waals surface area contributed by atoms with Crippen LogP contribution in [0.3, 0.4) is 0 Å². The topological polar surface area (TPSA) is 31.4 Å². The molecule has 5 aromatic carbocycles. The zero-order valence-corrected chi connectivity index (χ0v) is 21.6. The van der Waals surface area contributed by atoms with Crippen molar-refractivity contribution in [1.29, 1.82) is 5.26 Å². The van der Waals surface area contributed by atoms with Crippen molar-refractivity contribution in [3.8, 4) is 28.3 Å². The van der Waals surface area contributed by atoms with E-state index in [1.807, 2.05) is 53.4 Å². The average Bonchev–Trinajstić information content (AvgIpc) is 3.22. The van der Waals surface area contributed by atoms with Crippen molar-refractivity contribution in [2.75, 3.05) is 4.90 Å². The molecule has 0 saturated carbocycles. The number of fused-ring (bicyclic) bond motifs is 3. The fourth-order valence-corrected chi connectivity index (χ4v) is 5.67. The van der Waals surface area contributed by atoms with Crippen LogP contribution in [0.5, 0.6) is 0 Å². The summed E-state index contributed by atoms with van der Waals surface area (Å²) in [4.78, 5) is 5.42. The van der Waals surface area contributed by atoms with Gasteiger partial charge in [0.25, 0.3) is 0 Å². The molecule has 1 aliphatic carbocycles. The predicted octanol–water partition coefficient (Wildman–Crippen LogP) is 9.69. The van der Waals surface area contributed by atoms with Gasteiger partial charge in [0.05, 0.1) is 17.8 Å². The van der Waals surface area contributed by atoms with Crippen molar-refractivity contribution in [2.24, 2.45) is 0 Å². The van der Waals surface area contributed by atoms with Gasteiger partial charge in [0.2, 0.25) is 5.69 Å². The van der Waals surface area contributed by atoms with Crippen LogP contribution >= 0.6 is 0 Å². The van der Waals surface area contributed by atoms with E-state index in [2.05, 4.69) is 73.3 Å². The van der Waals surface area contributed by atoms with Crippen molar-refractivity contribution in [3.05, 3.63) is 143 Å². The molecule has 0 aliphatic heterocycles. The normalized spacial score (nSPS) is 12.6. The number of hydrogen-bond acceptors (Lipinski definition) is 2. The molecule has 0 aromatic heterocycles. The maximum Gasteiger partial charge on any atom is 0.225 e. The van der Waals surface area contributed by atoms with E-state index >= 15 is 0 Å². The zero-order chi connectivity index (χ0) is 27.1. The fraction of sp³-hybridized carbons (Fsp3) is 0.0857. The van der Waals surface area contributed by atoms with Gasteiger partial charge in [0.15, 0.2) is 0 Å². The minimum Gasteiger partial charge on any atom is -0.311 e. The molecule has 3 nitrogen and oxygen atoms in total. The van der Waals surface area contributed by atoms with E-state index in [0.717, 1.165) is 33.6 Å². The SMILES string of the molecule is [C-]#[N+]c1cc(N(c2ccc(-c3ccccc3)cc2)c2cccc3c2-c2ccccc2C3(C)C)cc(C#N)c1F. The molecule has 6 rings (SSSR count). The highest BCUT2D eigenvalue weighted by Gasteiger charge is 2.37. The largest absolute Gasteiger partial charge is 0.311 e. The molecule has 1 aliphatic rings. The summed E-state index contributed by atoms with van der Waals surface area (Å²) in [5.41, 5.74) is 8.63. The third-order valence-electron chi connectivity index (χ3n) is 7.60. The second-order valence-corrected chi connectivity index (χ2v) is 10.2. The number of anilines is 3. The van der Waals surface area contributed by atoms with Gasteiger partial charge in [0.1, 0.15) is 11.9 Å². The van der Waals surface area contributed by atoms with Crippen LogP contribution < -0.4 is 4.90 Å². The number of benzene rings is 5. The zero-order valence-electron chi connectivity index (χ0n) is 21.6. The van der Waals surface area contributed by atoms with E-state index in [0.29, 0.717) is 5.69 Å². The summed E-state index contributed by atoms with van der Waals surface area (Å²) in [7, 11) is 0. The van der Waals surface area contributed by atoms with Gasteiger partial charge >= 0.3 is 0 Å². The Morgan fingerprint density at radius 1 is 0.769 bits per heavy atom. The second-order valence-electron chi connectivity index (χ2n) is 10.2. The highest BCUT2D eigenvalue weighted by atomic mass is 19.1. The summed E-state index contributed by atoms with van der Waals surface area (Å²) in [5, 5.41) is 9.69. The Morgan fingerprint density at radius 2 is 1.44 bits per heavy atom. The number of hydrogen-bond donors (Lipinski definition) is 0. The lowest BCUT2D eigenvalue weighted by molar-refractivity contribution is 0.630. The lowest BCUT2D eigenvalue weighted by Crippen LogP contribution is -2.16. The maximum absolute atomic E-state index is 14.8. The predicted molar refractivity (Wildman–Crippen MR) is 155 cm³/mol. The summed E-state index contributed by atoms with van der Waals surface area (Å²) in [5.74, 6) is -0.791. The summed E-state index contributed by atoms with van der Waals surface area (Å²) >= 11 is 0. The highest BCUT2D eigenvalue weighted by Crippen LogP contribution is 2.54. The average molecular weight is 506 g/mol. The van der Waals surface area contributed by atoms with Crippen LogP contribution in [-0.4, -0.2) is 0 Å². The first-order valence-electron chi connectivity index (χ1n) is 12.7. The van der Waals surface area contributed by atoms with Gasteiger partial charge in [-0.3, -0.25) is 0 Å². The first kappa shape index (κ1) is 24.2. The van der Waals surface area contributed by atoms with E-state index in [4.69, 9.17) is 6.57 Å². The molecule has 0 N–H and O–H groups in total. The van der Waals surface area contributed by atoms with Crippen LogP contribution in [0.4, 0.5) is 27.1 Å². The van der Waals surface area contributed by atoms with Gasteiger partial charge in [0, 0.05) is 22.4 Å².